The van der Waals surface area contributed by atoms with Gasteiger partial charge in [-0.15, -0.1) is 0 Å². The van der Waals surface area contributed by atoms with Crippen molar-refractivity contribution in [1.29, 1.82) is 0 Å². The van der Waals surface area contributed by atoms with Crippen molar-refractivity contribution in [1.82, 2.24) is 0 Å². The Hall–Kier alpha value is -2.29. The van der Waals surface area contributed by atoms with E-state index >= 15 is 0 Å². The number of phenolic OH excluding ortho intramolecular Hbond substituents is 1. The maximum atomic E-state index is 12.3. The van der Waals surface area contributed by atoms with Gasteiger partial charge in [0.25, 0.3) is 0 Å². The molecule has 0 spiro atoms. The van der Waals surface area contributed by atoms with Gasteiger partial charge in [-0.25, -0.2) is 0 Å². The zero-order valence-electron chi connectivity index (χ0n) is 10.4. The minimum absolute atomic E-state index is 0.0244. The Kier molecular flexibility index (Phi) is 3.33. The lowest BCUT2D eigenvalue weighted by Crippen LogP contribution is -2.10. The van der Waals surface area contributed by atoms with Gasteiger partial charge in [0, 0.05) is 19.7 Å². The topological polar surface area (TPSA) is 40.5 Å². The minimum Gasteiger partial charge on any atom is -0.505 e. The van der Waals surface area contributed by atoms with Gasteiger partial charge in [-0.3, -0.25) is 4.79 Å². The third-order valence-corrected chi connectivity index (χ3v) is 2.78. The number of para-hydroxylation sites is 1. The molecule has 18 heavy (non-hydrogen) atoms. The van der Waals surface area contributed by atoms with Crippen LogP contribution in [0.2, 0.25) is 0 Å². The first-order chi connectivity index (χ1) is 8.61. The number of ketones is 1. The molecule has 0 atom stereocenters. The number of carbonyl (C=O) groups excluding carboxylic acids is 1. The quantitative estimate of drug-likeness (QED) is 0.840. The van der Waals surface area contributed by atoms with E-state index in [1.54, 1.807) is 47.4 Å². The van der Waals surface area contributed by atoms with Crippen LogP contribution in [0.15, 0.2) is 48.5 Å². The Morgan fingerprint density at radius 1 is 1.00 bits per heavy atom. The molecule has 2 aromatic carbocycles. The van der Waals surface area contributed by atoms with E-state index in [0.717, 1.165) is 0 Å². The number of carbonyl (C=O) groups is 1. The summed E-state index contributed by atoms with van der Waals surface area (Å²) in [6, 6.07) is 14.1. The van der Waals surface area contributed by atoms with Crippen molar-refractivity contribution in [2.75, 3.05) is 19.0 Å². The van der Waals surface area contributed by atoms with Crippen LogP contribution in [-0.2, 0) is 0 Å². The Morgan fingerprint density at radius 3 is 2.28 bits per heavy atom. The second-order valence-corrected chi connectivity index (χ2v) is 4.26. The smallest absolute Gasteiger partial charge is 0.196 e. The molecule has 0 aliphatic heterocycles. The lowest BCUT2D eigenvalue weighted by molar-refractivity contribution is 0.103. The van der Waals surface area contributed by atoms with Crippen LogP contribution in [0.4, 0.5) is 5.69 Å². The van der Waals surface area contributed by atoms with Crippen LogP contribution < -0.4 is 4.90 Å². The van der Waals surface area contributed by atoms with Gasteiger partial charge in [0.05, 0.1) is 11.3 Å². The van der Waals surface area contributed by atoms with Crippen LogP contribution in [0.5, 0.6) is 5.75 Å². The summed E-state index contributed by atoms with van der Waals surface area (Å²) >= 11 is 0. The van der Waals surface area contributed by atoms with Crippen molar-refractivity contribution < 1.29 is 9.90 Å². The highest BCUT2D eigenvalue weighted by molar-refractivity contribution is 6.11. The molecule has 0 aliphatic carbocycles. The van der Waals surface area contributed by atoms with E-state index in [0.29, 0.717) is 16.8 Å². The van der Waals surface area contributed by atoms with Crippen molar-refractivity contribution in [2.45, 2.75) is 0 Å². The van der Waals surface area contributed by atoms with Gasteiger partial charge in [0.15, 0.2) is 5.78 Å². The molecule has 0 bridgehead atoms. The van der Waals surface area contributed by atoms with Gasteiger partial charge < -0.3 is 10.0 Å². The lowest BCUT2D eigenvalue weighted by Gasteiger charge is -2.16. The fraction of sp³-hybridized carbons (Fsp3) is 0.133. The number of anilines is 1. The molecule has 0 heterocycles. The molecule has 3 nitrogen and oxygen atoms in total. The Balaban J connectivity index is 2.47. The Labute approximate surface area is 106 Å². The number of rotatable bonds is 3. The van der Waals surface area contributed by atoms with Crippen molar-refractivity contribution in [3.63, 3.8) is 0 Å². The van der Waals surface area contributed by atoms with E-state index in [1.165, 1.54) is 0 Å². The molecule has 1 N–H and O–H groups in total. The normalized spacial score (nSPS) is 10.1. The molecule has 0 amide bonds. The molecule has 0 fully saturated rings. The predicted octanol–water partition coefficient (Wildman–Crippen LogP) is 2.69. The molecule has 92 valence electrons. The van der Waals surface area contributed by atoms with Crippen LogP contribution in [0, 0.1) is 0 Å². The number of phenols is 1. The first-order valence-corrected chi connectivity index (χ1v) is 5.70. The van der Waals surface area contributed by atoms with Gasteiger partial charge in [-0.1, -0.05) is 36.4 Å². The number of nitrogens with zero attached hydrogens (tertiary/aromatic N) is 1. The van der Waals surface area contributed by atoms with Crippen molar-refractivity contribution >= 4 is 11.5 Å². The highest BCUT2D eigenvalue weighted by atomic mass is 16.3. The monoisotopic (exact) mass is 241 g/mol. The van der Waals surface area contributed by atoms with E-state index < -0.39 is 0 Å². The van der Waals surface area contributed by atoms with E-state index in [1.807, 2.05) is 20.2 Å². The molecule has 0 saturated carbocycles. The molecular weight excluding hydrogens is 226 g/mol. The van der Waals surface area contributed by atoms with Crippen molar-refractivity contribution in [3.8, 4) is 5.75 Å². The first-order valence-electron chi connectivity index (χ1n) is 5.70. The number of hydrogen-bond acceptors (Lipinski definition) is 3. The molecular formula is C15H15NO2. The summed E-state index contributed by atoms with van der Waals surface area (Å²) in [7, 11) is 3.65. The van der Waals surface area contributed by atoms with Gasteiger partial charge in [-0.05, 0) is 12.1 Å². The lowest BCUT2D eigenvalue weighted by atomic mass is 10.0. The van der Waals surface area contributed by atoms with Crippen molar-refractivity contribution in [3.05, 3.63) is 59.7 Å². The zero-order valence-corrected chi connectivity index (χ0v) is 10.4. The van der Waals surface area contributed by atoms with Crippen LogP contribution in [0.1, 0.15) is 15.9 Å². The maximum Gasteiger partial charge on any atom is 0.196 e. The van der Waals surface area contributed by atoms with E-state index in [2.05, 4.69) is 0 Å². The van der Waals surface area contributed by atoms with E-state index in [-0.39, 0.29) is 11.5 Å². The largest absolute Gasteiger partial charge is 0.505 e. The maximum absolute atomic E-state index is 12.3. The number of hydrogen-bond donors (Lipinski definition) is 1. The van der Waals surface area contributed by atoms with Crippen LogP contribution in [0.25, 0.3) is 0 Å². The first kappa shape index (κ1) is 12.2. The third-order valence-electron chi connectivity index (χ3n) is 2.78. The van der Waals surface area contributed by atoms with Gasteiger partial charge in [0.2, 0.25) is 0 Å². The van der Waals surface area contributed by atoms with Gasteiger partial charge in [-0.2, -0.15) is 0 Å². The standard InChI is InChI=1S/C15H15NO2/c1-16(2)13-10-6-9-12(15(13)18)14(17)11-7-4-3-5-8-11/h3-10,18H,1-2H3. The molecule has 0 radical (unpaired) electrons. The summed E-state index contributed by atoms with van der Waals surface area (Å²) in [5.74, 6) is -0.145. The zero-order chi connectivity index (χ0) is 13.1. The highest BCUT2D eigenvalue weighted by Crippen LogP contribution is 2.30. The molecule has 0 aromatic heterocycles. The minimum atomic E-state index is -0.170. The summed E-state index contributed by atoms with van der Waals surface area (Å²) in [5, 5.41) is 10.1. The fourth-order valence-electron chi connectivity index (χ4n) is 1.82. The summed E-state index contributed by atoms with van der Waals surface area (Å²) < 4.78 is 0. The Bertz CT molecular complexity index is 562. The highest BCUT2D eigenvalue weighted by Gasteiger charge is 2.16. The molecule has 0 saturated heterocycles. The van der Waals surface area contributed by atoms with E-state index in [4.69, 9.17) is 0 Å². The van der Waals surface area contributed by atoms with Crippen LogP contribution >= 0.6 is 0 Å². The Morgan fingerprint density at radius 2 is 1.67 bits per heavy atom. The van der Waals surface area contributed by atoms with Crippen LogP contribution in [-0.4, -0.2) is 25.0 Å². The molecule has 3 heteroatoms. The van der Waals surface area contributed by atoms with E-state index in [9.17, 15) is 9.90 Å². The third kappa shape index (κ3) is 2.20. The van der Waals surface area contributed by atoms with Crippen molar-refractivity contribution in [2.24, 2.45) is 0 Å². The molecule has 2 rings (SSSR count). The summed E-state index contributed by atoms with van der Waals surface area (Å²) in [6.07, 6.45) is 0. The van der Waals surface area contributed by atoms with Crippen LogP contribution in [0.3, 0.4) is 0 Å². The van der Waals surface area contributed by atoms with Gasteiger partial charge >= 0.3 is 0 Å². The second kappa shape index (κ2) is 4.92. The average Bonchev–Trinajstić information content (AvgIpc) is 2.39. The summed E-state index contributed by atoms with van der Waals surface area (Å²) in [4.78, 5) is 14.0. The van der Waals surface area contributed by atoms with Gasteiger partial charge in [0.1, 0.15) is 5.75 Å². The second-order valence-electron chi connectivity index (χ2n) is 4.26. The molecule has 0 aliphatic rings. The number of benzene rings is 2. The predicted molar refractivity (Wildman–Crippen MR) is 72.3 cm³/mol. The molecule has 2 aromatic rings. The average molecular weight is 241 g/mol. The molecule has 0 unspecified atom stereocenters. The number of aromatic hydroxyl groups is 1. The SMILES string of the molecule is CN(C)c1cccc(C(=O)c2ccccc2)c1O. The fourth-order valence-corrected chi connectivity index (χ4v) is 1.82. The summed E-state index contributed by atoms with van der Waals surface area (Å²) in [5.41, 5.74) is 1.54. The summed E-state index contributed by atoms with van der Waals surface area (Å²) in [6.45, 7) is 0.